The van der Waals surface area contributed by atoms with Crippen molar-refractivity contribution in [3.8, 4) is 5.75 Å². The van der Waals surface area contributed by atoms with E-state index >= 15 is 0 Å². The lowest BCUT2D eigenvalue weighted by atomic mass is 10.2. The van der Waals surface area contributed by atoms with Gasteiger partial charge in [0.2, 0.25) is 0 Å². The highest BCUT2D eigenvalue weighted by Crippen LogP contribution is 2.31. The monoisotopic (exact) mass is 298 g/mol. The van der Waals surface area contributed by atoms with Crippen molar-refractivity contribution >= 4 is 32.9 Å². The summed E-state index contributed by atoms with van der Waals surface area (Å²) in [5, 5.41) is 9.49. The van der Waals surface area contributed by atoms with Crippen LogP contribution in [0.25, 0.3) is 11.0 Å². The van der Waals surface area contributed by atoms with Gasteiger partial charge >= 0.3 is 5.97 Å². The summed E-state index contributed by atoms with van der Waals surface area (Å²) >= 11 is 3.40. The van der Waals surface area contributed by atoms with Crippen LogP contribution in [0.5, 0.6) is 5.75 Å². The summed E-state index contributed by atoms with van der Waals surface area (Å²) in [6, 6.07) is 5.57. The predicted molar refractivity (Wildman–Crippen MR) is 66.3 cm³/mol. The lowest BCUT2D eigenvalue weighted by molar-refractivity contribution is -0.137. The molecular formula is C12H11BrO4. The van der Waals surface area contributed by atoms with E-state index < -0.39 is 5.97 Å². The molecule has 1 N–H and O–H groups in total. The van der Waals surface area contributed by atoms with Gasteiger partial charge in [0.25, 0.3) is 0 Å². The van der Waals surface area contributed by atoms with Gasteiger partial charge in [-0.15, -0.1) is 0 Å². The maximum atomic E-state index is 10.3. The highest BCUT2D eigenvalue weighted by atomic mass is 79.9. The molecule has 0 aliphatic rings. The average molecular weight is 299 g/mol. The van der Waals surface area contributed by atoms with E-state index in [1.54, 1.807) is 12.3 Å². The van der Waals surface area contributed by atoms with Gasteiger partial charge in [-0.2, -0.15) is 0 Å². The molecule has 0 saturated heterocycles. The SMILES string of the molecule is O=C(O)CCCOc1cc2occc2cc1Br. The van der Waals surface area contributed by atoms with Crippen LogP contribution in [-0.2, 0) is 4.79 Å². The van der Waals surface area contributed by atoms with E-state index in [1.807, 2.05) is 12.1 Å². The molecule has 1 aromatic heterocycles. The first-order chi connectivity index (χ1) is 8.16. The molecule has 0 spiro atoms. The lowest BCUT2D eigenvalue weighted by Gasteiger charge is -2.07. The zero-order chi connectivity index (χ0) is 12.3. The summed E-state index contributed by atoms with van der Waals surface area (Å²) in [7, 11) is 0. The van der Waals surface area contributed by atoms with Gasteiger partial charge < -0.3 is 14.3 Å². The third-order valence-electron chi connectivity index (χ3n) is 2.30. The zero-order valence-corrected chi connectivity index (χ0v) is 10.6. The minimum atomic E-state index is -0.811. The molecule has 90 valence electrons. The first-order valence-electron chi connectivity index (χ1n) is 5.18. The van der Waals surface area contributed by atoms with Gasteiger partial charge in [-0.3, -0.25) is 4.79 Å². The first-order valence-corrected chi connectivity index (χ1v) is 5.97. The van der Waals surface area contributed by atoms with E-state index in [9.17, 15) is 4.79 Å². The van der Waals surface area contributed by atoms with Crippen LogP contribution in [0.1, 0.15) is 12.8 Å². The van der Waals surface area contributed by atoms with Gasteiger partial charge in [0.1, 0.15) is 11.3 Å². The highest BCUT2D eigenvalue weighted by Gasteiger charge is 2.06. The molecule has 1 heterocycles. The number of halogens is 1. The quantitative estimate of drug-likeness (QED) is 0.859. The summed E-state index contributed by atoms with van der Waals surface area (Å²) in [6.45, 7) is 0.372. The normalized spacial score (nSPS) is 10.6. The molecule has 2 rings (SSSR count). The van der Waals surface area contributed by atoms with Crippen molar-refractivity contribution in [2.75, 3.05) is 6.61 Å². The minimum absolute atomic E-state index is 0.112. The summed E-state index contributed by atoms with van der Waals surface area (Å²) in [4.78, 5) is 10.3. The van der Waals surface area contributed by atoms with Gasteiger partial charge in [-0.05, 0) is 34.5 Å². The van der Waals surface area contributed by atoms with Gasteiger partial charge in [0.15, 0.2) is 0 Å². The van der Waals surface area contributed by atoms with Crippen LogP contribution in [-0.4, -0.2) is 17.7 Å². The molecule has 0 amide bonds. The molecule has 0 bridgehead atoms. The Morgan fingerprint density at radius 1 is 1.47 bits per heavy atom. The Morgan fingerprint density at radius 3 is 3.06 bits per heavy atom. The van der Waals surface area contributed by atoms with E-state index in [2.05, 4.69) is 15.9 Å². The number of fused-ring (bicyclic) bond motifs is 1. The fourth-order valence-corrected chi connectivity index (χ4v) is 1.95. The predicted octanol–water partition coefficient (Wildman–Crippen LogP) is 3.44. The summed E-state index contributed by atoms with van der Waals surface area (Å²) in [5.74, 6) is -0.146. The lowest BCUT2D eigenvalue weighted by Crippen LogP contribution is -2.02. The molecule has 0 fully saturated rings. The van der Waals surface area contributed by atoms with Crippen LogP contribution >= 0.6 is 15.9 Å². The van der Waals surface area contributed by atoms with Crippen molar-refractivity contribution in [2.45, 2.75) is 12.8 Å². The zero-order valence-electron chi connectivity index (χ0n) is 8.98. The van der Waals surface area contributed by atoms with Crippen LogP contribution in [0.3, 0.4) is 0 Å². The second-order valence-electron chi connectivity index (χ2n) is 3.59. The number of hydrogen-bond donors (Lipinski definition) is 1. The molecule has 17 heavy (non-hydrogen) atoms. The summed E-state index contributed by atoms with van der Waals surface area (Å²) in [6.07, 6.45) is 2.21. The van der Waals surface area contributed by atoms with E-state index in [1.165, 1.54) is 0 Å². The standard InChI is InChI=1S/C12H11BrO4/c13-9-6-8-3-5-17-10(8)7-11(9)16-4-1-2-12(14)15/h3,5-7H,1-2,4H2,(H,14,15). The fraction of sp³-hybridized carbons (Fsp3) is 0.250. The number of carboxylic acids is 1. The van der Waals surface area contributed by atoms with Crippen molar-refractivity contribution in [3.05, 3.63) is 28.9 Å². The number of benzene rings is 1. The second-order valence-corrected chi connectivity index (χ2v) is 4.44. The summed E-state index contributed by atoms with van der Waals surface area (Å²) in [5.41, 5.74) is 0.751. The Bertz CT molecular complexity index is 532. The van der Waals surface area contributed by atoms with Crippen LogP contribution < -0.4 is 4.74 Å². The smallest absolute Gasteiger partial charge is 0.303 e. The van der Waals surface area contributed by atoms with E-state index in [4.69, 9.17) is 14.3 Å². The number of aliphatic carboxylic acids is 1. The fourth-order valence-electron chi connectivity index (χ4n) is 1.48. The van der Waals surface area contributed by atoms with Crippen molar-refractivity contribution in [1.29, 1.82) is 0 Å². The van der Waals surface area contributed by atoms with Gasteiger partial charge in [-0.1, -0.05) is 0 Å². The van der Waals surface area contributed by atoms with Crippen LogP contribution in [0.15, 0.2) is 33.4 Å². The van der Waals surface area contributed by atoms with Crippen molar-refractivity contribution in [2.24, 2.45) is 0 Å². The second kappa shape index (κ2) is 5.23. The van der Waals surface area contributed by atoms with Crippen LogP contribution in [0.2, 0.25) is 0 Å². The molecule has 0 saturated carbocycles. The van der Waals surface area contributed by atoms with E-state index in [0.29, 0.717) is 18.8 Å². The first kappa shape index (κ1) is 12.0. The number of ether oxygens (including phenoxy) is 1. The third kappa shape index (κ3) is 3.00. The molecule has 2 aromatic rings. The van der Waals surface area contributed by atoms with Crippen molar-refractivity contribution in [3.63, 3.8) is 0 Å². The largest absolute Gasteiger partial charge is 0.492 e. The molecule has 0 atom stereocenters. The van der Waals surface area contributed by atoms with Crippen LogP contribution in [0.4, 0.5) is 0 Å². The summed E-state index contributed by atoms with van der Waals surface area (Å²) < 4.78 is 11.6. The maximum Gasteiger partial charge on any atom is 0.303 e. The van der Waals surface area contributed by atoms with Crippen LogP contribution in [0, 0.1) is 0 Å². The Labute approximate surface area is 106 Å². The highest BCUT2D eigenvalue weighted by molar-refractivity contribution is 9.10. The molecule has 0 aliphatic carbocycles. The molecule has 0 radical (unpaired) electrons. The van der Waals surface area contributed by atoms with Gasteiger partial charge in [0, 0.05) is 17.9 Å². The average Bonchev–Trinajstić information content (AvgIpc) is 2.71. The Hall–Kier alpha value is -1.49. The molecule has 0 unspecified atom stereocenters. The van der Waals surface area contributed by atoms with Gasteiger partial charge in [-0.25, -0.2) is 0 Å². The number of carboxylic acid groups (broad SMARTS) is 1. The minimum Gasteiger partial charge on any atom is -0.492 e. The molecule has 5 heteroatoms. The molecule has 0 aliphatic heterocycles. The van der Waals surface area contributed by atoms with Crippen molar-refractivity contribution < 1.29 is 19.1 Å². The molecular weight excluding hydrogens is 288 g/mol. The number of carbonyl (C=O) groups is 1. The topological polar surface area (TPSA) is 59.7 Å². The maximum absolute atomic E-state index is 10.3. The Morgan fingerprint density at radius 2 is 2.29 bits per heavy atom. The Balaban J connectivity index is 2.02. The number of hydrogen-bond acceptors (Lipinski definition) is 3. The van der Waals surface area contributed by atoms with E-state index in [0.717, 1.165) is 15.4 Å². The number of rotatable bonds is 5. The van der Waals surface area contributed by atoms with E-state index in [-0.39, 0.29) is 6.42 Å². The Kier molecular flexibility index (Phi) is 3.68. The molecule has 4 nitrogen and oxygen atoms in total. The van der Waals surface area contributed by atoms with Crippen molar-refractivity contribution in [1.82, 2.24) is 0 Å². The number of furan rings is 1. The third-order valence-corrected chi connectivity index (χ3v) is 2.92. The molecule has 1 aromatic carbocycles. The van der Waals surface area contributed by atoms with Gasteiger partial charge in [0.05, 0.1) is 17.3 Å².